The first-order chi connectivity index (χ1) is 9.62. The zero-order valence-electron chi connectivity index (χ0n) is 12.5. The molecule has 1 amide bonds. The van der Waals surface area contributed by atoms with E-state index in [1.165, 1.54) is 7.11 Å². The number of nitrogens with one attached hydrogen (secondary N) is 1. The monoisotopic (exact) mass is 278 g/mol. The molecule has 0 saturated carbocycles. The lowest BCUT2D eigenvalue weighted by Crippen LogP contribution is -2.19. The van der Waals surface area contributed by atoms with Crippen LogP contribution in [0.1, 0.15) is 43.5 Å². The second-order valence-electron chi connectivity index (χ2n) is 4.46. The molecule has 0 aliphatic carbocycles. The van der Waals surface area contributed by atoms with E-state index in [1.54, 1.807) is 25.3 Å². The zero-order valence-corrected chi connectivity index (χ0v) is 12.5. The predicted octanol–water partition coefficient (Wildman–Crippen LogP) is 3.00. The molecule has 1 rings (SSSR count). The number of nitrogens with zero attached hydrogens (tertiary/aromatic N) is 1. The Hall–Kier alpha value is -2.04. The normalized spacial score (nSPS) is 11.1. The fourth-order valence-electron chi connectivity index (χ4n) is 1.68. The molecule has 1 N–H and O–H groups in total. The largest absolute Gasteiger partial charge is 0.493 e. The summed E-state index contributed by atoms with van der Waals surface area (Å²) in [4.78, 5) is 12.0. The summed E-state index contributed by atoms with van der Waals surface area (Å²) < 4.78 is 10.3. The van der Waals surface area contributed by atoms with Crippen molar-refractivity contribution in [3.63, 3.8) is 0 Å². The van der Waals surface area contributed by atoms with Gasteiger partial charge in [0, 0.05) is 11.3 Å². The first kappa shape index (κ1) is 16.0. The molecule has 1 aromatic carbocycles. The highest BCUT2D eigenvalue weighted by molar-refractivity contribution is 5.95. The topological polar surface area (TPSA) is 59.9 Å². The Balaban J connectivity index is 2.73. The maximum absolute atomic E-state index is 12.0. The molecular weight excluding hydrogens is 256 g/mol. The Morgan fingerprint density at radius 2 is 1.95 bits per heavy atom. The summed E-state index contributed by atoms with van der Waals surface area (Å²) >= 11 is 0. The van der Waals surface area contributed by atoms with Crippen LogP contribution in [-0.2, 0) is 0 Å². The Kier molecular flexibility index (Phi) is 6.56. The number of hydrazone groups is 1. The molecule has 0 saturated heterocycles. The van der Waals surface area contributed by atoms with E-state index in [4.69, 9.17) is 9.47 Å². The molecule has 0 fully saturated rings. The highest BCUT2D eigenvalue weighted by atomic mass is 16.5. The van der Waals surface area contributed by atoms with Gasteiger partial charge in [0.05, 0.1) is 14.2 Å². The quantitative estimate of drug-likeness (QED) is 0.616. The Bertz CT molecular complexity index is 484. The molecule has 5 nitrogen and oxygen atoms in total. The van der Waals surface area contributed by atoms with E-state index < -0.39 is 0 Å². The number of amides is 1. The van der Waals surface area contributed by atoms with Gasteiger partial charge in [-0.25, -0.2) is 5.43 Å². The Morgan fingerprint density at radius 3 is 2.55 bits per heavy atom. The van der Waals surface area contributed by atoms with Gasteiger partial charge in [0.1, 0.15) is 0 Å². The number of unbranched alkanes of at least 4 members (excludes halogenated alkanes) is 1. The maximum Gasteiger partial charge on any atom is 0.271 e. The van der Waals surface area contributed by atoms with Crippen molar-refractivity contribution in [2.24, 2.45) is 5.10 Å². The van der Waals surface area contributed by atoms with Crippen LogP contribution < -0.4 is 14.9 Å². The number of methoxy groups -OCH3 is 2. The van der Waals surface area contributed by atoms with Crippen molar-refractivity contribution in [3.8, 4) is 11.5 Å². The predicted molar refractivity (Wildman–Crippen MR) is 79.6 cm³/mol. The van der Waals surface area contributed by atoms with Crippen LogP contribution in [0.5, 0.6) is 11.5 Å². The van der Waals surface area contributed by atoms with Crippen molar-refractivity contribution in [2.45, 2.75) is 33.1 Å². The fraction of sp³-hybridized carbons (Fsp3) is 0.467. The smallest absolute Gasteiger partial charge is 0.271 e. The lowest BCUT2D eigenvalue weighted by molar-refractivity contribution is 0.0954. The van der Waals surface area contributed by atoms with Crippen LogP contribution in [0.25, 0.3) is 0 Å². The van der Waals surface area contributed by atoms with Crippen LogP contribution in [-0.4, -0.2) is 25.8 Å². The molecule has 5 heteroatoms. The molecule has 0 spiro atoms. The number of carbonyl (C=O) groups is 1. The second-order valence-corrected chi connectivity index (χ2v) is 4.46. The second kappa shape index (κ2) is 8.19. The molecule has 0 aliphatic heterocycles. The minimum Gasteiger partial charge on any atom is -0.493 e. The van der Waals surface area contributed by atoms with Gasteiger partial charge >= 0.3 is 0 Å². The summed E-state index contributed by atoms with van der Waals surface area (Å²) in [5.41, 5.74) is 3.95. The minimum atomic E-state index is -0.262. The van der Waals surface area contributed by atoms with Gasteiger partial charge in [0.15, 0.2) is 11.5 Å². The van der Waals surface area contributed by atoms with Crippen molar-refractivity contribution >= 4 is 11.6 Å². The third kappa shape index (κ3) is 4.57. The zero-order chi connectivity index (χ0) is 15.0. The van der Waals surface area contributed by atoms with Crippen LogP contribution in [0.3, 0.4) is 0 Å². The van der Waals surface area contributed by atoms with Gasteiger partial charge in [-0.2, -0.15) is 5.10 Å². The summed E-state index contributed by atoms with van der Waals surface area (Å²) in [5, 5.41) is 4.08. The molecular formula is C15H22N2O3. The summed E-state index contributed by atoms with van der Waals surface area (Å²) in [7, 11) is 3.09. The maximum atomic E-state index is 12.0. The average molecular weight is 278 g/mol. The number of carbonyl (C=O) groups excluding carboxylic acids is 1. The van der Waals surface area contributed by atoms with Gasteiger partial charge in [-0.1, -0.05) is 13.3 Å². The van der Waals surface area contributed by atoms with E-state index in [-0.39, 0.29) is 5.91 Å². The molecule has 1 aromatic rings. The van der Waals surface area contributed by atoms with E-state index in [1.807, 2.05) is 6.92 Å². The average Bonchev–Trinajstić information content (AvgIpc) is 2.49. The van der Waals surface area contributed by atoms with Gasteiger partial charge in [0.2, 0.25) is 0 Å². The number of rotatable bonds is 7. The summed E-state index contributed by atoms with van der Waals surface area (Å²) in [6.45, 7) is 4.03. The van der Waals surface area contributed by atoms with Gasteiger partial charge in [-0.3, -0.25) is 4.79 Å². The number of hydrogen-bond donors (Lipinski definition) is 1. The van der Waals surface area contributed by atoms with Crippen LogP contribution in [0.15, 0.2) is 23.3 Å². The third-order valence-corrected chi connectivity index (χ3v) is 2.89. The molecule has 0 unspecified atom stereocenters. The third-order valence-electron chi connectivity index (χ3n) is 2.89. The van der Waals surface area contributed by atoms with E-state index >= 15 is 0 Å². The number of ether oxygens (including phenoxy) is 2. The number of hydrogen-bond acceptors (Lipinski definition) is 4. The van der Waals surface area contributed by atoms with Crippen molar-refractivity contribution in [3.05, 3.63) is 23.8 Å². The summed E-state index contributed by atoms with van der Waals surface area (Å²) in [5.74, 6) is 0.848. The van der Waals surface area contributed by atoms with E-state index in [0.29, 0.717) is 17.1 Å². The molecule has 110 valence electrons. The minimum absolute atomic E-state index is 0.262. The molecule has 20 heavy (non-hydrogen) atoms. The highest BCUT2D eigenvalue weighted by Gasteiger charge is 2.10. The number of benzene rings is 1. The van der Waals surface area contributed by atoms with E-state index in [9.17, 15) is 4.79 Å². The Labute approximate surface area is 120 Å². The molecule has 0 radical (unpaired) electrons. The van der Waals surface area contributed by atoms with Gasteiger partial charge < -0.3 is 9.47 Å². The van der Waals surface area contributed by atoms with Gasteiger partial charge in [-0.05, 0) is 38.0 Å². The Morgan fingerprint density at radius 1 is 1.25 bits per heavy atom. The molecule has 0 heterocycles. The summed E-state index contributed by atoms with van der Waals surface area (Å²) in [6.07, 6.45) is 3.07. The van der Waals surface area contributed by atoms with Gasteiger partial charge in [0.25, 0.3) is 5.91 Å². The molecule has 0 aliphatic rings. The lowest BCUT2D eigenvalue weighted by atomic mass is 10.2. The van der Waals surface area contributed by atoms with Crippen molar-refractivity contribution in [1.82, 2.24) is 5.43 Å². The molecule has 0 atom stereocenters. The van der Waals surface area contributed by atoms with Crippen LogP contribution in [0.2, 0.25) is 0 Å². The van der Waals surface area contributed by atoms with E-state index in [2.05, 4.69) is 17.5 Å². The van der Waals surface area contributed by atoms with Crippen molar-refractivity contribution < 1.29 is 14.3 Å². The lowest BCUT2D eigenvalue weighted by Gasteiger charge is -2.09. The summed E-state index contributed by atoms with van der Waals surface area (Å²) in [6, 6.07) is 5.00. The fourth-order valence-corrected chi connectivity index (χ4v) is 1.68. The van der Waals surface area contributed by atoms with Crippen molar-refractivity contribution in [2.75, 3.05) is 14.2 Å². The first-order valence-corrected chi connectivity index (χ1v) is 6.67. The molecule has 0 bridgehead atoms. The van der Waals surface area contributed by atoms with Crippen molar-refractivity contribution in [1.29, 1.82) is 0 Å². The van der Waals surface area contributed by atoms with E-state index in [0.717, 1.165) is 25.0 Å². The highest BCUT2D eigenvalue weighted by Crippen LogP contribution is 2.27. The molecule has 0 aromatic heterocycles. The SMILES string of the molecule is CCCCC(C)=NNC(=O)c1ccc(OC)c(OC)c1. The van der Waals surface area contributed by atoms with Crippen LogP contribution >= 0.6 is 0 Å². The standard InChI is InChI=1S/C15H22N2O3/c1-5-6-7-11(2)16-17-15(18)12-8-9-13(19-3)14(10-12)20-4/h8-10H,5-7H2,1-4H3,(H,17,18). The van der Waals surface area contributed by atoms with Crippen LogP contribution in [0, 0.1) is 0 Å². The van der Waals surface area contributed by atoms with Gasteiger partial charge in [-0.15, -0.1) is 0 Å². The van der Waals surface area contributed by atoms with Crippen LogP contribution in [0.4, 0.5) is 0 Å². The first-order valence-electron chi connectivity index (χ1n) is 6.67.